The normalized spacial score (nSPS) is 17.0. The highest BCUT2D eigenvalue weighted by atomic mass is 32.2. The van der Waals surface area contributed by atoms with Crippen LogP contribution in [0.25, 0.3) is 0 Å². The molecule has 3 aromatic carbocycles. The summed E-state index contributed by atoms with van der Waals surface area (Å²) >= 11 is 0. The van der Waals surface area contributed by atoms with Crippen molar-refractivity contribution in [1.82, 2.24) is 9.29 Å². The van der Waals surface area contributed by atoms with Crippen molar-refractivity contribution in [1.29, 1.82) is 0 Å². The first-order valence-corrected chi connectivity index (χ1v) is 22.6. The molecule has 4 aromatic rings. The molecule has 1 aromatic heterocycles. The third-order valence-corrected chi connectivity index (χ3v) is 13.2. The summed E-state index contributed by atoms with van der Waals surface area (Å²) in [7, 11) is -2.70. The Balaban J connectivity index is 1.15. The van der Waals surface area contributed by atoms with Crippen LogP contribution in [0.2, 0.25) is 0 Å². The van der Waals surface area contributed by atoms with E-state index in [0.717, 1.165) is 62.0 Å². The number of aryl methyl sites for hydroxylation is 2. The molecule has 6 rings (SSSR count). The summed E-state index contributed by atoms with van der Waals surface area (Å²) in [6.07, 6.45) is 9.32. The topological polar surface area (TPSA) is 164 Å². The Hall–Kier alpha value is -5.60. The number of nitrogens with zero attached hydrogens (tertiary/aromatic N) is 3. The molecule has 1 aliphatic heterocycles. The molecule has 0 bridgehead atoms. The van der Waals surface area contributed by atoms with Gasteiger partial charge in [0.05, 0.1) is 35.4 Å². The molecule has 2 heterocycles. The van der Waals surface area contributed by atoms with Crippen molar-refractivity contribution in [2.24, 2.45) is 5.92 Å². The number of pyridine rings is 1. The second-order valence-corrected chi connectivity index (χ2v) is 18.6. The monoisotopic (exact) mass is 851 g/mol. The Morgan fingerprint density at radius 1 is 0.787 bits per heavy atom. The zero-order valence-corrected chi connectivity index (χ0v) is 36.6. The quantitative estimate of drug-likeness (QED) is 0.119. The fourth-order valence-electron chi connectivity index (χ4n) is 7.97. The van der Waals surface area contributed by atoms with Crippen LogP contribution in [0, 0.1) is 5.92 Å². The number of rotatable bonds is 14. The molecule has 0 atom stereocenters. The second kappa shape index (κ2) is 19.9. The maximum Gasteiger partial charge on any atom is 0.337 e. The lowest BCUT2D eigenvalue weighted by atomic mass is 9.86. The highest BCUT2D eigenvalue weighted by Gasteiger charge is 2.37. The molecule has 2 aliphatic rings. The van der Waals surface area contributed by atoms with Gasteiger partial charge in [-0.15, -0.1) is 0 Å². The molecule has 1 saturated heterocycles. The van der Waals surface area contributed by atoms with Crippen LogP contribution in [0.5, 0.6) is 0 Å². The number of carbonyl (C=O) groups excluding carboxylic acids is 4. The third kappa shape index (κ3) is 11.6. The zero-order chi connectivity index (χ0) is 43.7. The number of esters is 2. The number of carbonyl (C=O) groups is 4. The third-order valence-electron chi connectivity index (χ3n) is 11.2. The SMILES string of the molecule is CCN(C1CCC(C(=O)OC(C)(C)C)CC1)S(=O)(=O)c1cncc(C(=O)Nc2ccc(N3CCCCC3)cc2C(=O)Nc2ccc(CCc3ccc(C(=O)OC)cc3)cc2)c1. The average molecular weight is 852 g/mol. The van der Waals surface area contributed by atoms with Gasteiger partial charge in [0.25, 0.3) is 11.8 Å². The fraction of sp³-hybridized carbons (Fsp3) is 0.426. The van der Waals surface area contributed by atoms with Gasteiger partial charge in [0.2, 0.25) is 10.0 Å². The summed E-state index contributed by atoms with van der Waals surface area (Å²) in [6.45, 7) is 9.18. The number of piperidine rings is 1. The van der Waals surface area contributed by atoms with Crippen LogP contribution in [0.15, 0.2) is 90.1 Å². The Morgan fingerprint density at radius 3 is 2.03 bits per heavy atom. The molecule has 1 saturated carbocycles. The lowest BCUT2D eigenvalue weighted by molar-refractivity contribution is -0.161. The van der Waals surface area contributed by atoms with Gasteiger partial charge in [-0.2, -0.15) is 4.31 Å². The van der Waals surface area contributed by atoms with E-state index in [-0.39, 0.29) is 52.2 Å². The summed E-state index contributed by atoms with van der Waals surface area (Å²) < 4.78 is 39.9. The van der Waals surface area contributed by atoms with Crippen LogP contribution in [0.4, 0.5) is 17.1 Å². The van der Waals surface area contributed by atoms with E-state index >= 15 is 0 Å². The molecule has 0 unspecified atom stereocenters. The number of methoxy groups -OCH3 is 1. The Morgan fingerprint density at radius 2 is 1.43 bits per heavy atom. The standard InChI is InChI=1S/C47H57N5O8S/c1-6-52(38-22-18-35(19-23-38)46(56)60-47(2,3)4)61(57,58)40-28-36(30-48-31-40)43(53)50-42-25-24-39(51-26-8-7-9-27-51)29-41(42)44(54)49-37-20-14-33(15-21-37)11-10-32-12-16-34(17-13-32)45(55)59-5/h12-17,20-21,24-25,28-31,35,38H,6-11,18-19,22-23,26-27H2,1-5H3,(H,49,54)(H,50,53). The summed E-state index contributed by atoms with van der Waals surface area (Å²) in [5.41, 5.74) is 4.05. The smallest absolute Gasteiger partial charge is 0.337 e. The minimum absolute atomic E-state index is 0.0206. The lowest BCUT2D eigenvalue weighted by Crippen LogP contribution is -2.43. The highest BCUT2D eigenvalue weighted by molar-refractivity contribution is 7.89. The number of sulfonamides is 1. The number of amides is 2. The second-order valence-electron chi connectivity index (χ2n) is 16.7. The lowest BCUT2D eigenvalue weighted by Gasteiger charge is -2.35. The first-order chi connectivity index (χ1) is 29.1. The van der Waals surface area contributed by atoms with Gasteiger partial charge >= 0.3 is 11.9 Å². The van der Waals surface area contributed by atoms with Crippen LogP contribution in [-0.2, 0) is 37.1 Å². The Kier molecular flexibility index (Phi) is 14.6. The van der Waals surface area contributed by atoms with Crippen molar-refractivity contribution >= 4 is 50.8 Å². The zero-order valence-electron chi connectivity index (χ0n) is 35.7. The molecular formula is C47H57N5O8S. The van der Waals surface area contributed by atoms with Gasteiger partial charge in [-0.3, -0.25) is 19.4 Å². The average Bonchev–Trinajstić information content (AvgIpc) is 3.26. The number of aromatic nitrogens is 1. The molecule has 61 heavy (non-hydrogen) atoms. The van der Waals surface area contributed by atoms with Crippen LogP contribution in [0.1, 0.15) is 115 Å². The number of nitrogens with one attached hydrogen (secondary N) is 2. The van der Waals surface area contributed by atoms with Gasteiger partial charge in [-0.05, 0) is 138 Å². The van der Waals surface area contributed by atoms with Crippen molar-refractivity contribution < 1.29 is 37.1 Å². The van der Waals surface area contributed by atoms with Crippen molar-refractivity contribution in [3.05, 3.63) is 113 Å². The van der Waals surface area contributed by atoms with Gasteiger partial charge in [0.1, 0.15) is 10.5 Å². The minimum atomic E-state index is -4.06. The number of hydrogen-bond donors (Lipinski definition) is 2. The van der Waals surface area contributed by atoms with E-state index < -0.39 is 27.4 Å². The largest absolute Gasteiger partial charge is 0.465 e. The molecule has 2 fully saturated rings. The molecule has 0 radical (unpaired) electrons. The molecular weight excluding hydrogens is 795 g/mol. The molecule has 14 heteroatoms. The molecule has 1 aliphatic carbocycles. The number of benzene rings is 3. The minimum Gasteiger partial charge on any atom is -0.465 e. The van der Waals surface area contributed by atoms with E-state index in [1.165, 1.54) is 29.9 Å². The van der Waals surface area contributed by atoms with E-state index in [1.807, 2.05) is 63.2 Å². The summed E-state index contributed by atoms with van der Waals surface area (Å²) in [6, 6.07) is 21.3. The van der Waals surface area contributed by atoms with Gasteiger partial charge in [-0.25, -0.2) is 13.2 Å². The maximum atomic E-state index is 14.1. The number of anilines is 3. The van der Waals surface area contributed by atoms with Crippen molar-refractivity contribution in [3.8, 4) is 0 Å². The van der Waals surface area contributed by atoms with Crippen LogP contribution >= 0.6 is 0 Å². The van der Waals surface area contributed by atoms with Gasteiger partial charge in [0, 0.05) is 49.4 Å². The van der Waals surface area contributed by atoms with E-state index in [4.69, 9.17) is 9.47 Å². The van der Waals surface area contributed by atoms with Crippen LogP contribution < -0.4 is 15.5 Å². The predicted molar refractivity (Wildman–Crippen MR) is 235 cm³/mol. The summed E-state index contributed by atoms with van der Waals surface area (Å²) in [4.78, 5) is 58.6. The van der Waals surface area contributed by atoms with E-state index in [2.05, 4.69) is 20.5 Å². The maximum absolute atomic E-state index is 14.1. The molecule has 0 spiro atoms. The van der Waals surface area contributed by atoms with Crippen LogP contribution in [0.3, 0.4) is 0 Å². The molecule has 2 amide bonds. The summed E-state index contributed by atoms with van der Waals surface area (Å²) in [5, 5.41) is 5.85. The van der Waals surface area contributed by atoms with E-state index in [9.17, 15) is 27.6 Å². The highest BCUT2D eigenvalue weighted by Crippen LogP contribution is 2.33. The Labute approximate surface area is 359 Å². The first-order valence-electron chi connectivity index (χ1n) is 21.1. The fourth-order valence-corrected chi connectivity index (χ4v) is 9.65. The molecule has 2 N–H and O–H groups in total. The van der Waals surface area contributed by atoms with Crippen LogP contribution in [-0.4, -0.2) is 79.8 Å². The van der Waals surface area contributed by atoms with Gasteiger partial charge in [-0.1, -0.05) is 31.2 Å². The van der Waals surface area contributed by atoms with E-state index in [1.54, 1.807) is 31.2 Å². The van der Waals surface area contributed by atoms with E-state index in [0.29, 0.717) is 36.9 Å². The predicted octanol–water partition coefficient (Wildman–Crippen LogP) is 8.06. The van der Waals surface area contributed by atoms with Crippen molar-refractivity contribution in [2.45, 2.75) is 102 Å². The number of hydrogen-bond acceptors (Lipinski definition) is 10. The summed E-state index contributed by atoms with van der Waals surface area (Å²) in [5.74, 6) is -1.95. The number of ether oxygens (including phenoxy) is 2. The molecule has 13 nitrogen and oxygen atoms in total. The Bertz CT molecular complexity index is 2290. The first kappa shape index (κ1) is 44.9. The van der Waals surface area contributed by atoms with Gasteiger partial charge in [0.15, 0.2) is 0 Å². The van der Waals surface area contributed by atoms with Gasteiger partial charge < -0.3 is 25.0 Å². The van der Waals surface area contributed by atoms with Crippen molar-refractivity contribution in [2.75, 3.05) is 42.3 Å². The van der Waals surface area contributed by atoms with Crippen molar-refractivity contribution in [3.63, 3.8) is 0 Å². The molecule has 324 valence electrons.